The molecule has 90 valence electrons. The van der Waals surface area contributed by atoms with Crippen LogP contribution >= 0.6 is 23.1 Å². The first-order chi connectivity index (χ1) is 7.50. The molecule has 0 saturated carbocycles. The van der Waals surface area contributed by atoms with Gasteiger partial charge in [0.25, 0.3) is 0 Å². The average Bonchev–Trinajstić information content (AvgIpc) is 2.55. The minimum atomic E-state index is -0.833. The summed E-state index contributed by atoms with van der Waals surface area (Å²) < 4.78 is 0. The first-order valence-electron chi connectivity index (χ1n) is 5.16. The molecule has 3 N–H and O–H groups in total. The topological polar surface area (TPSA) is 63.3 Å². The monoisotopic (exact) mass is 259 g/mol. The highest BCUT2D eigenvalue weighted by molar-refractivity contribution is 7.98. The highest BCUT2D eigenvalue weighted by Crippen LogP contribution is 2.25. The van der Waals surface area contributed by atoms with E-state index in [1.54, 1.807) is 6.07 Å². The fraction of sp³-hybridized carbons (Fsp3) is 0.545. The Morgan fingerprint density at radius 3 is 2.88 bits per heavy atom. The second-order valence-electron chi connectivity index (χ2n) is 3.82. The van der Waals surface area contributed by atoms with E-state index in [2.05, 4.69) is 0 Å². The van der Waals surface area contributed by atoms with Gasteiger partial charge in [-0.2, -0.15) is 11.8 Å². The quantitative estimate of drug-likeness (QED) is 0.771. The van der Waals surface area contributed by atoms with Crippen molar-refractivity contribution in [2.45, 2.75) is 32.1 Å². The highest BCUT2D eigenvalue weighted by atomic mass is 32.2. The number of aromatic carboxylic acids is 1. The van der Waals surface area contributed by atoms with Crippen LogP contribution in [0, 0.1) is 6.92 Å². The standard InChI is InChI=1S/C11H17NO2S2/c1-7(12)3-4-15-6-9-5-10(11(13)14)16-8(9)2/h5,7H,3-4,6,12H2,1-2H3,(H,13,14). The lowest BCUT2D eigenvalue weighted by Crippen LogP contribution is -2.15. The van der Waals surface area contributed by atoms with Crippen LogP contribution in [0.5, 0.6) is 0 Å². The largest absolute Gasteiger partial charge is 0.477 e. The number of hydrogen-bond acceptors (Lipinski definition) is 4. The van der Waals surface area contributed by atoms with Crippen LogP contribution in [0.15, 0.2) is 6.07 Å². The smallest absolute Gasteiger partial charge is 0.345 e. The second kappa shape index (κ2) is 6.27. The van der Waals surface area contributed by atoms with Crippen LogP contribution in [0.1, 0.15) is 33.5 Å². The van der Waals surface area contributed by atoms with Crippen molar-refractivity contribution in [3.63, 3.8) is 0 Å². The van der Waals surface area contributed by atoms with Crippen molar-refractivity contribution in [3.05, 3.63) is 21.4 Å². The van der Waals surface area contributed by atoms with Crippen molar-refractivity contribution in [1.29, 1.82) is 0 Å². The molecule has 1 rings (SSSR count). The number of rotatable bonds is 6. The lowest BCUT2D eigenvalue weighted by molar-refractivity contribution is 0.0702. The Balaban J connectivity index is 2.45. The van der Waals surface area contributed by atoms with Gasteiger partial charge in [-0.05, 0) is 37.7 Å². The Bertz CT molecular complexity index is 361. The summed E-state index contributed by atoms with van der Waals surface area (Å²) in [6.07, 6.45) is 1.000. The SMILES string of the molecule is Cc1sc(C(=O)O)cc1CSCCC(C)N. The minimum Gasteiger partial charge on any atom is -0.477 e. The van der Waals surface area contributed by atoms with E-state index in [1.807, 2.05) is 25.6 Å². The summed E-state index contributed by atoms with van der Waals surface area (Å²) in [5.74, 6) is 1.07. The van der Waals surface area contributed by atoms with E-state index in [-0.39, 0.29) is 6.04 Å². The molecule has 0 aliphatic carbocycles. The maximum atomic E-state index is 10.8. The van der Waals surface area contributed by atoms with Crippen molar-refractivity contribution in [3.8, 4) is 0 Å². The molecular formula is C11H17NO2S2. The van der Waals surface area contributed by atoms with Gasteiger partial charge in [0.1, 0.15) is 4.88 Å². The number of hydrogen-bond donors (Lipinski definition) is 2. The summed E-state index contributed by atoms with van der Waals surface area (Å²) in [5, 5.41) is 8.85. The molecule has 1 aromatic heterocycles. The van der Waals surface area contributed by atoms with Crippen molar-refractivity contribution in [2.24, 2.45) is 5.73 Å². The van der Waals surface area contributed by atoms with Crippen molar-refractivity contribution in [1.82, 2.24) is 0 Å². The molecular weight excluding hydrogens is 242 g/mol. The van der Waals surface area contributed by atoms with E-state index in [0.29, 0.717) is 4.88 Å². The molecule has 0 aromatic carbocycles. The van der Waals surface area contributed by atoms with Crippen LogP contribution in [0.2, 0.25) is 0 Å². The molecule has 1 aromatic rings. The average molecular weight is 259 g/mol. The normalized spacial score (nSPS) is 12.7. The van der Waals surface area contributed by atoms with Gasteiger partial charge in [0.05, 0.1) is 0 Å². The summed E-state index contributed by atoms with van der Waals surface area (Å²) in [6.45, 7) is 3.97. The number of carbonyl (C=O) groups is 1. The number of aryl methyl sites for hydroxylation is 1. The second-order valence-corrected chi connectivity index (χ2v) is 6.18. The zero-order valence-corrected chi connectivity index (χ0v) is 11.2. The van der Waals surface area contributed by atoms with E-state index >= 15 is 0 Å². The van der Waals surface area contributed by atoms with Gasteiger partial charge < -0.3 is 10.8 Å². The maximum absolute atomic E-state index is 10.8. The van der Waals surface area contributed by atoms with Crippen molar-refractivity contribution in [2.75, 3.05) is 5.75 Å². The Morgan fingerprint density at radius 2 is 2.38 bits per heavy atom. The van der Waals surface area contributed by atoms with E-state index < -0.39 is 5.97 Å². The molecule has 0 aliphatic heterocycles. The molecule has 0 bridgehead atoms. The first-order valence-corrected chi connectivity index (χ1v) is 7.13. The number of carboxylic acids is 1. The van der Waals surface area contributed by atoms with Gasteiger partial charge in [0, 0.05) is 16.7 Å². The Hall–Kier alpha value is -0.520. The molecule has 3 nitrogen and oxygen atoms in total. The molecule has 16 heavy (non-hydrogen) atoms. The van der Waals surface area contributed by atoms with Gasteiger partial charge in [-0.25, -0.2) is 4.79 Å². The summed E-state index contributed by atoms with van der Waals surface area (Å²) >= 11 is 3.16. The number of carboxylic acid groups (broad SMARTS) is 1. The molecule has 5 heteroatoms. The third-order valence-electron chi connectivity index (χ3n) is 2.21. The van der Waals surface area contributed by atoms with E-state index in [0.717, 1.165) is 28.4 Å². The maximum Gasteiger partial charge on any atom is 0.345 e. The molecule has 1 atom stereocenters. The number of thioether (sulfide) groups is 1. The fourth-order valence-corrected chi connectivity index (χ4v) is 3.39. The van der Waals surface area contributed by atoms with Crippen LogP contribution in [0.25, 0.3) is 0 Å². The predicted octanol–water partition coefficient (Wildman–Crippen LogP) is 2.73. The van der Waals surface area contributed by atoms with Gasteiger partial charge in [-0.3, -0.25) is 0 Å². The minimum absolute atomic E-state index is 0.241. The molecule has 1 heterocycles. The van der Waals surface area contributed by atoms with Crippen molar-refractivity contribution < 1.29 is 9.90 Å². The van der Waals surface area contributed by atoms with Gasteiger partial charge in [0.15, 0.2) is 0 Å². The number of thiophene rings is 1. The molecule has 0 aliphatic rings. The van der Waals surface area contributed by atoms with E-state index in [1.165, 1.54) is 11.3 Å². The zero-order chi connectivity index (χ0) is 12.1. The zero-order valence-electron chi connectivity index (χ0n) is 9.53. The van der Waals surface area contributed by atoms with Crippen LogP contribution in [0.4, 0.5) is 0 Å². The van der Waals surface area contributed by atoms with Gasteiger partial charge in [-0.15, -0.1) is 11.3 Å². The van der Waals surface area contributed by atoms with Crippen LogP contribution < -0.4 is 5.73 Å². The third-order valence-corrected chi connectivity index (χ3v) is 4.33. The summed E-state index contributed by atoms with van der Waals surface area (Å²) in [6, 6.07) is 2.02. The Labute approximate surface area is 104 Å². The molecule has 0 radical (unpaired) electrons. The van der Waals surface area contributed by atoms with E-state index in [9.17, 15) is 4.79 Å². The lowest BCUT2D eigenvalue weighted by Gasteiger charge is -2.04. The predicted molar refractivity (Wildman–Crippen MR) is 70.4 cm³/mol. The molecule has 0 saturated heterocycles. The van der Waals surface area contributed by atoms with Crippen molar-refractivity contribution >= 4 is 29.1 Å². The van der Waals surface area contributed by atoms with Gasteiger partial charge >= 0.3 is 5.97 Å². The Kier molecular flexibility index (Phi) is 5.31. The van der Waals surface area contributed by atoms with Crippen LogP contribution in [-0.4, -0.2) is 22.9 Å². The summed E-state index contributed by atoms with van der Waals surface area (Å²) in [7, 11) is 0. The summed E-state index contributed by atoms with van der Waals surface area (Å²) in [5.41, 5.74) is 6.79. The third kappa shape index (κ3) is 4.15. The summed E-state index contributed by atoms with van der Waals surface area (Å²) in [4.78, 5) is 12.3. The number of nitrogens with two attached hydrogens (primary N) is 1. The van der Waals surface area contributed by atoms with Gasteiger partial charge in [-0.1, -0.05) is 0 Å². The van der Waals surface area contributed by atoms with Crippen LogP contribution in [-0.2, 0) is 5.75 Å². The molecule has 0 spiro atoms. The van der Waals surface area contributed by atoms with Crippen LogP contribution in [0.3, 0.4) is 0 Å². The lowest BCUT2D eigenvalue weighted by atomic mass is 10.3. The first kappa shape index (κ1) is 13.5. The molecule has 1 unspecified atom stereocenters. The Morgan fingerprint density at radius 1 is 1.69 bits per heavy atom. The molecule has 0 amide bonds. The highest BCUT2D eigenvalue weighted by Gasteiger charge is 2.10. The molecule has 0 fully saturated rings. The van der Waals surface area contributed by atoms with E-state index in [4.69, 9.17) is 10.8 Å². The van der Waals surface area contributed by atoms with Gasteiger partial charge in [0.2, 0.25) is 0 Å². The fourth-order valence-electron chi connectivity index (χ4n) is 1.22.